The van der Waals surface area contributed by atoms with E-state index in [9.17, 15) is 18.4 Å². The SMILES string of the molecule is CC(C)(C)OC(=O)N1CC(CC(=O)O)(NCC(F)F)C1. The maximum absolute atomic E-state index is 12.2. The van der Waals surface area contributed by atoms with Crippen LogP contribution in [0.1, 0.15) is 27.2 Å². The van der Waals surface area contributed by atoms with Crippen LogP contribution in [0.4, 0.5) is 13.6 Å². The van der Waals surface area contributed by atoms with E-state index in [0.717, 1.165) is 0 Å². The van der Waals surface area contributed by atoms with Gasteiger partial charge in [0.1, 0.15) is 5.60 Å². The second kappa shape index (κ2) is 5.90. The number of alkyl halides is 2. The number of halogens is 2. The summed E-state index contributed by atoms with van der Waals surface area (Å²) >= 11 is 0. The van der Waals surface area contributed by atoms with Gasteiger partial charge in [-0.15, -0.1) is 0 Å². The molecule has 0 atom stereocenters. The first-order chi connectivity index (χ1) is 9.03. The normalized spacial score (nSPS) is 17.8. The third-order valence-corrected chi connectivity index (χ3v) is 2.76. The zero-order valence-electron chi connectivity index (χ0n) is 11.8. The van der Waals surface area contributed by atoms with Crippen LogP contribution in [0.5, 0.6) is 0 Å². The van der Waals surface area contributed by atoms with Gasteiger partial charge in [-0.25, -0.2) is 13.6 Å². The Morgan fingerprint density at radius 2 is 1.95 bits per heavy atom. The van der Waals surface area contributed by atoms with Gasteiger partial charge in [-0.2, -0.15) is 0 Å². The zero-order chi connectivity index (χ0) is 15.6. The molecule has 0 aliphatic carbocycles. The van der Waals surface area contributed by atoms with E-state index in [2.05, 4.69) is 5.32 Å². The largest absolute Gasteiger partial charge is 0.481 e. The zero-order valence-corrected chi connectivity index (χ0v) is 11.8. The molecule has 1 amide bonds. The van der Waals surface area contributed by atoms with Gasteiger partial charge >= 0.3 is 12.1 Å². The minimum Gasteiger partial charge on any atom is -0.481 e. The molecule has 8 heteroatoms. The van der Waals surface area contributed by atoms with E-state index in [-0.39, 0.29) is 19.5 Å². The van der Waals surface area contributed by atoms with E-state index in [1.165, 1.54) is 4.90 Å². The summed E-state index contributed by atoms with van der Waals surface area (Å²) in [5, 5.41) is 11.4. The van der Waals surface area contributed by atoms with Gasteiger partial charge in [0.25, 0.3) is 6.43 Å². The molecule has 0 radical (unpaired) electrons. The molecule has 0 saturated carbocycles. The number of aliphatic carboxylic acids is 1. The van der Waals surface area contributed by atoms with Crippen molar-refractivity contribution < 1.29 is 28.2 Å². The Morgan fingerprint density at radius 1 is 1.40 bits per heavy atom. The van der Waals surface area contributed by atoms with Gasteiger partial charge in [-0.05, 0) is 20.8 Å². The van der Waals surface area contributed by atoms with E-state index in [4.69, 9.17) is 9.84 Å². The summed E-state index contributed by atoms with van der Waals surface area (Å²) < 4.78 is 29.6. The van der Waals surface area contributed by atoms with Gasteiger partial charge in [-0.3, -0.25) is 4.79 Å². The van der Waals surface area contributed by atoms with E-state index >= 15 is 0 Å². The van der Waals surface area contributed by atoms with Gasteiger partial charge in [0.05, 0.1) is 18.5 Å². The van der Waals surface area contributed by atoms with E-state index in [0.29, 0.717) is 0 Å². The number of amides is 1. The number of carboxylic acids is 1. The molecule has 0 bridgehead atoms. The molecule has 0 spiro atoms. The van der Waals surface area contributed by atoms with Crippen LogP contribution < -0.4 is 5.32 Å². The Morgan fingerprint density at radius 3 is 2.35 bits per heavy atom. The fourth-order valence-electron chi connectivity index (χ4n) is 2.01. The monoisotopic (exact) mass is 294 g/mol. The van der Waals surface area contributed by atoms with Crippen LogP contribution in [0, 0.1) is 0 Å². The number of ether oxygens (including phenoxy) is 1. The second-order valence-corrected chi connectivity index (χ2v) is 5.96. The van der Waals surface area contributed by atoms with Crippen molar-refractivity contribution >= 4 is 12.1 Å². The molecule has 2 N–H and O–H groups in total. The summed E-state index contributed by atoms with van der Waals surface area (Å²) in [4.78, 5) is 23.8. The van der Waals surface area contributed by atoms with Gasteiger partial charge in [0, 0.05) is 13.1 Å². The number of carbonyl (C=O) groups is 2. The van der Waals surface area contributed by atoms with Crippen molar-refractivity contribution in [3.8, 4) is 0 Å². The lowest BCUT2D eigenvalue weighted by atomic mass is 9.86. The summed E-state index contributed by atoms with van der Waals surface area (Å²) in [6.07, 6.45) is -3.47. The molecule has 0 aromatic heterocycles. The topological polar surface area (TPSA) is 78.9 Å². The van der Waals surface area contributed by atoms with Gasteiger partial charge < -0.3 is 20.1 Å². The minimum atomic E-state index is -2.57. The predicted molar refractivity (Wildman–Crippen MR) is 66.8 cm³/mol. The molecule has 1 fully saturated rings. The minimum absolute atomic E-state index is 0.0426. The Labute approximate surface area is 116 Å². The molecule has 0 aromatic carbocycles. The number of carbonyl (C=O) groups excluding carboxylic acids is 1. The molecule has 6 nitrogen and oxygen atoms in total. The Balaban J connectivity index is 2.56. The molecule has 116 valence electrons. The maximum Gasteiger partial charge on any atom is 0.410 e. The summed E-state index contributed by atoms with van der Waals surface area (Å²) in [6.45, 7) is 4.62. The average molecular weight is 294 g/mol. The van der Waals surface area contributed by atoms with Crippen molar-refractivity contribution in [2.75, 3.05) is 19.6 Å². The van der Waals surface area contributed by atoms with Crippen molar-refractivity contribution in [2.45, 2.75) is 44.8 Å². The maximum atomic E-state index is 12.2. The smallest absolute Gasteiger partial charge is 0.410 e. The van der Waals surface area contributed by atoms with Crippen LogP contribution in [-0.4, -0.2) is 59.3 Å². The quantitative estimate of drug-likeness (QED) is 0.799. The Bertz CT molecular complexity index is 376. The van der Waals surface area contributed by atoms with E-state index in [1.807, 2.05) is 0 Å². The highest BCUT2D eigenvalue weighted by molar-refractivity contribution is 5.73. The molecule has 1 heterocycles. The standard InChI is InChI=1S/C12H20F2N2O4/c1-11(2,3)20-10(19)16-6-12(7-16,4-9(17)18)15-5-8(13)14/h8,15H,4-7H2,1-3H3,(H,17,18). The molecule has 1 saturated heterocycles. The van der Waals surface area contributed by atoms with Gasteiger partial charge in [-0.1, -0.05) is 0 Å². The molecule has 1 aliphatic rings. The third kappa shape index (κ3) is 4.92. The highest BCUT2D eigenvalue weighted by Gasteiger charge is 2.47. The van der Waals surface area contributed by atoms with Crippen molar-refractivity contribution in [2.24, 2.45) is 0 Å². The number of hydrogen-bond acceptors (Lipinski definition) is 4. The first-order valence-electron chi connectivity index (χ1n) is 6.26. The Kier molecular flexibility index (Phi) is 4.90. The second-order valence-electron chi connectivity index (χ2n) is 5.96. The highest BCUT2D eigenvalue weighted by Crippen LogP contribution is 2.27. The van der Waals surface area contributed by atoms with E-state index < -0.39 is 36.2 Å². The molecular weight excluding hydrogens is 274 g/mol. The predicted octanol–water partition coefficient (Wildman–Crippen LogP) is 1.31. The number of carboxylic acid groups (broad SMARTS) is 1. The Hall–Kier alpha value is -1.44. The van der Waals surface area contributed by atoms with Crippen LogP contribution in [-0.2, 0) is 9.53 Å². The summed E-state index contributed by atoms with van der Waals surface area (Å²) in [5.41, 5.74) is -1.66. The number of nitrogens with zero attached hydrogens (tertiary/aromatic N) is 1. The summed E-state index contributed by atoms with van der Waals surface area (Å²) in [5.74, 6) is -1.10. The third-order valence-electron chi connectivity index (χ3n) is 2.76. The first kappa shape index (κ1) is 16.6. The van der Waals surface area contributed by atoms with Crippen LogP contribution >= 0.6 is 0 Å². The molecule has 1 rings (SSSR count). The molecule has 1 aliphatic heterocycles. The van der Waals surface area contributed by atoms with Crippen LogP contribution in [0.25, 0.3) is 0 Å². The number of rotatable bonds is 5. The highest BCUT2D eigenvalue weighted by atomic mass is 19.3. The van der Waals surface area contributed by atoms with Crippen molar-refractivity contribution in [1.29, 1.82) is 0 Å². The summed E-state index contributed by atoms with van der Waals surface area (Å²) in [6, 6.07) is 0. The molecule has 20 heavy (non-hydrogen) atoms. The first-order valence-corrected chi connectivity index (χ1v) is 6.26. The lowest BCUT2D eigenvalue weighted by Crippen LogP contribution is -2.71. The van der Waals surface area contributed by atoms with Crippen molar-refractivity contribution in [3.05, 3.63) is 0 Å². The molecule has 0 unspecified atom stereocenters. The number of nitrogens with one attached hydrogen (secondary N) is 1. The average Bonchev–Trinajstić information content (AvgIpc) is 2.17. The van der Waals surface area contributed by atoms with Crippen LogP contribution in [0.2, 0.25) is 0 Å². The lowest BCUT2D eigenvalue weighted by molar-refractivity contribution is -0.141. The number of hydrogen-bond donors (Lipinski definition) is 2. The number of likely N-dealkylation sites (tertiary alicyclic amines) is 1. The van der Waals surface area contributed by atoms with E-state index in [1.54, 1.807) is 20.8 Å². The van der Waals surface area contributed by atoms with Crippen LogP contribution in [0.3, 0.4) is 0 Å². The van der Waals surface area contributed by atoms with Crippen LogP contribution in [0.15, 0.2) is 0 Å². The van der Waals surface area contributed by atoms with Crippen molar-refractivity contribution in [3.63, 3.8) is 0 Å². The molecule has 0 aromatic rings. The fraction of sp³-hybridized carbons (Fsp3) is 0.833. The van der Waals surface area contributed by atoms with Gasteiger partial charge in [0.15, 0.2) is 0 Å². The molecular formula is C12H20F2N2O4. The van der Waals surface area contributed by atoms with Gasteiger partial charge in [0.2, 0.25) is 0 Å². The fourth-order valence-corrected chi connectivity index (χ4v) is 2.01. The summed E-state index contributed by atoms with van der Waals surface area (Å²) in [7, 11) is 0. The van der Waals surface area contributed by atoms with Crippen molar-refractivity contribution in [1.82, 2.24) is 10.2 Å². The lowest BCUT2D eigenvalue weighted by Gasteiger charge is -2.49.